The summed E-state index contributed by atoms with van der Waals surface area (Å²) in [7, 11) is 5.06. The number of likely N-dealkylation sites (tertiary alicyclic amines) is 1. The van der Waals surface area contributed by atoms with E-state index in [1.165, 1.54) is 7.11 Å². The van der Waals surface area contributed by atoms with Crippen LogP contribution in [0.1, 0.15) is 49.8 Å². The Bertz CT molecular complexity index is 788. The number of carbonyl (C=O) groups excluding carboxylic acids is 2. The van der Waals surface area contributed by atoms with Crippen LogP contribution in [0.15, 0.2) is 4.79 Å². The van der Waals surface area contributed by atoms with Gasteiger partial charge in [0.05, 0.1) is 12.8 Å². The van der Waals surface area contributed by atoms with Crippen LogP contribution in [0.4, 0.5) is 5.95 Å². The summed E-state index contributed by atoms with van der Waals surface area (Å²) in [5.74, 6) is 0.327. The van der Waals surface area contributed by atoms with Crippen LogP contribution in [0.2, 0.25) is 0 Å². The monoisotopic (exact) mass is 376 g/mol. The normalized spacial score (nSPS) is 21.2. The van der Waals surface area contributed by atoms with Crippen LogP contribution in [-0.2, 0) is 26.2 Å². The van der Waals surface area contributed by atoms with Crippen molar-refractivity contribution in [3.05, 3.63) is 21.6 Å². The zero-order chi connectivity index (χ0) is 19.6. The van der Waals surface area contributed by atoms with E-state index in [0.717, 1.165) is 37.1 Å². The van der Waals surface area contributed by atoms with Crippen LogP contribution in [0.25, 0.3) is 0 Å². The van der Waals surface area contributed by atoms with Crippen molar-refractivity contribution >= 4 is 17.8 Å². The first-order valence-corrected chi connectivity index (χ1v) is 9.52. The fraction of sp³-hybridized carbons (Fsp3) is 0.684. The van der Waals surface area contributed by atoms with Gasteiger partial charge in [0.1, 0.15) is 0 Å². The van der Waals surface area contributed by atoms with Crippen molar-refractivity contribution in [3.8, 4) is 0 Å². The molecule has 1 N–H and O–H groups in total. The first-order valence-electron chi connectivity index (χ1n) is 9.52. The molecule has 27 heavy (non-hydrogen) atoms. The van der Waals surface area contributed by atoms with Gasteiger partial charge in [-0.25, -0.2) is 4.98 Å². The summed E-state index contributed by atoms with van der Waals surface area (Å²) >= 11 is 0. The number of fused-ring (bicyclic) bond motifs is 2. The number of H-pyrrole nitrogens is 1. The molecule has 0 radical (unpaired) electrons. The minimum atomic E-state index is -0.290. The van der Waals surface area contributed by atoms with E-state index >= 15 is 0 Å². The number of nitrogens with one attached hydrogen (secondary N) is 1. The molecule has 0 saturated carbocycles. The highest BCUT2D eigenvalue weighted by molar-refractivity contribution is 5.77. The first-order chi connectivity index (χ1) is 12.9. The van der Waals surface area contributed by atoms with Crippen LogP contribution in [0.5, 0.6) is 0 Å². The van der Waals surface area contributed by atoms with Gasteiger partial charge in [0.15, 0.2) is 0 Å². The minimum absolute atomic E-state index is 0.0594. The van der Waals surface area contributed by atoms with E-state index < -0.39 is 0 Å². The van der Waals surface area contributed by atoms with E-state index in [4.69, 9.17) is 4.98 Å². The topological polar surface area (TPSA) is 95.6 Å². The molecule has 1 saturated heterocycles. The Hall–Kier alpha value is -2.38. The number of hydrogen-bond acceptors (Lipinski definition) is 6. The number of aromatic amines is 1. The average Bonchev–Trinajstić information content (AvgIpc) is 2.99. The predicted octanol–water partition coefficient (Wildman–Crippen LogP) is 0.986. The molecule has 1 fully saturated rings. The van der Waals surface area contributed by atoms with Gasteiger partial charge in [-0.1, -0.05) is 0 Å². The van der Waals surface area contributed by atoms with Crippen molar-refractivity contribution in [1.29, 1.82) is 0 Å². The molecule has 1 atom stereocenters. The zero-order valence-corrected chi connectivity index (χ0v) is 16.3. The maximum atomic E-state index is 12.6. The number of methoxy groups -OCH3 is 1. The van der Waals surface area contributed by atoms with E-state index in [2.05, 4.69) is 9.72 Å². The molecule has 1 aromatic heterocycles. The molecule has 8 heteroatoms. The number of nitrogens with zero attached hydrogens (tertiary/aromatic N) is 3. The third kappa shape index (κ3) is 3.84. The molecule has 2 aliphatic rings. The van der Waals surface area contributed by atoms with Crippen molar-refractivity contribution in [2.45, 2.75) is 50.4 Å². The van der Waals surface area contributed by atoms with Crippen LogP contribution in [0, 0.1) is 0 Å². The molecule has 1 unspecified atom stereocenters. The highest BCUT2D eigenvalue weighted by atomic mass is 16.5. The van der Waals surface area contributed by atoms with Crippen molar-refractivity contribution in [3.63, 3.8) is 0 Å². The van der Waals surface area contributed by atoms with Crippen LogP contribution < -0.4 is 10.5 Å². The second kappa shape index (κ2) is 7.70. The first kappa shape index (κ1) is 19.4. The Morgan fingerprint density at radius 1 is 1.30 bits per heavy atom. The summed E-state index contributed by atoms with van der Waals surface area (Å²) in [5.41, 5.74) is 1.33. The summed E-state index contributed by atoms with van der Waals surface area (Å²) in [6, 6.07) is 0. The molecule has 0 aromatic carbocycles. The van der Waals surface area contributed by atoms with E-state index in [9.17, 15) is 14.4 Å². The molecule has 3 rings (SSSR count). The largest absolute Gasteiger partial charge is 0.469 e. The fourth-order valence-corrected chi connectivity index (χ4v) is 4.24. The molecule has 1 aromatic rings. The Morgan fingerprint density at radius 3 is 2.78 bits per heavy atom. The van der Waals surface area contributed by atoms with E-state index in [0.29, 0.717) is 31.8 Å². The fourth-order valence-electron chi connectivity index (χ4n) is 4.24. The molecule has 0 bridgehead atoms. The van der Waals surface area contributed by atoms with Crippen LogP contribution in [-0.4, -0.2) is 61.0 Å². The SMILES string of the molecule is COC(=O)CCCC(=O)N1CCCC2(CCc3c2nc(N(C)C)[nH]c3=O)C1. The van der Waals surface area contributed by atoms with Gasteiger partial charge in [0.2, 0.25) is 11.9 Å². The van der Waals surface area contributed by atoms with Crippen molar-refractivity contribution in [1.82, 2.24) is 14.9 Å². The van der Waals surface area contributed by atoms with Gasteiger partial charge < -0.3 is 14.5 Å². The van der Waals surface area contributed by atoms with Gasteiger partial charge in [-0.15, -0.1) is 0 Å². The zero-order valence-electron chi connectivity index (χ0n) is 16.3. The van der Waals surface area contributed by atoms with Gasteiger partial charge in [0.25, 0.3) is 5.56 Å². The summed E-state index contributed by atoms with van der Waals surface area (Å²) in [4.78, 5) is 47.6. The molecule has 1 spiro atoms. The maximum Gasteiger partial charge on any atom is 0.305 e. The standard InChI is InChI=1S/C19H28N4O4/c1-22(2)18-20-16-13(17(26)21-18)8-10-19(16)9-5-11-23(12-19)14(24)6-4-7-15(25)27-3/h4-12H2,1-3H3,(H,20,21,26). The van der Waals surface area contributed by atoms with Gasteiger partial charge in [0, 0.05) is 51.0 Å². The number of carbonyl (C=O) groups is 2. The second-order valence-corrected chi connectivity index (χ2v) is 7.74. The number of esters is 1. The van der Waals surface area contributed by atoms with Crippen molar-refractivity contribution in [2.24, 2.45) is 0 Å². The summed E-state index contributed by atoms with van der Waals surface area (Å²) in [5, 5.41) is 0. The summed E-state index contributed by atoms with van der Waals surface area (Å²) in [6.07, 6.45) is 4.48. The number of piperidine rings is 1. The number of rotatable bonds is 5. The Kier molecular flexibility index (Phi) is 5.53. The lowest BCUT2D eigenvalue weighted by molar-refractivity contribution is -0.141. The summed E-state index contributed by atoms with van der Waals surface area (Å²) < 4.78 is 4.63. The minimum Gasteiger partial charge on any atom is -0.469 e. The smallest absolute Gasteiger partial charge is 0.305 e. The van der Waals surface area contributed by atoms with Crippen molar-refractivity contribution in [2.75, 3.05) is 39.2 Å². The van der Waals surface area contributed by atoms with Crippen LogP contribution >= 0.6 is 0 Å². The molecule has 148 valence electrons. The predicted molar refractivity (Wildman–Crippen MR) is 101 cm³/mol. The lowest BCUT2D eigenvalue weighted by Crippen LogP contribution is -2.48. The van der Waals surface area contributed by atoms with Crippen molar-refractivity contribution < 1.29 is 14.3 Å². The van der Waals surface area contributed by atoms with E-state index in [1.807, 2.05) is 19.0 Å². The third-order valence-electron chi connectivity index (χ3n) is 5.71. The van der Waals surface area contributed by atoms with Gasteiger partial charge in [-0.3, -0.25) is 19.4 Å². The molecule has 8 nitrogen and oxygen atoms in total. The van der Waals surface area contributed by atoms with E-state index in [1.54, 1.807) is 4.90 Å². The highest BCUT2D eigenvalue weighted by Crippen LogP contribution is 2.43. The van der Waals surface area contributed by atoms with Gasteiger partial charge in [-0.05, 0) is 32.1 Å². The number of ether oxygens (including phenoxy) is 1. The third-order valence-corrected chi connectivity index (χ3v) is 5.71. The quantitative estimate of drug-likeness (QED) is 0.770. The Labute approximate surface area is 158 Å². The maximum absolute atomic E-state index is 12.6. The molecule has 1 aliphatic heterocycles. The lowest BCUT2D eigenvalue weighted by Gasteiger charge is -2.40. The number of hydrogen-bond donors (Lipinski definition) is 1. The Morgan fingerprint density at radius 2 is 2.07 bits per heavy atom. The second-order valence-electron chi connectivity index (χ2n) is 7.74. The van der Waals surface area contributed by atoms with E-state index in [-0.39, 0.29) is 29.3 Å². The van der Waals surface area contributed by atoms with Gasteiger partial charge >= 0.3 is 5.97 Å². The highest BCUT2D eigenvalue weighted by Gasteiger charge is 2.45. The molecule has 2 heterocycles. The molecule has 1 amide bonds. The molecular formula is C19H28N4O4. The number of aromatic nitrogens is 2. The van der Waals surface area contributed by atoms with Gasteiger partial charge in [-0.2, -0.15) is 0 Å². The average molecular weight is 376 g/mol. The molecule has 1 aliphatic carbocycles. The number of anilines is 1. The summed E-state index contributed by atoms with van der Waals surface area (Å²) in [6.45, 7) is 1.32. The number of amides is 1. The lowest BCUT2D eigenvalue weighted by atomic mass is 9.77. The molecular weight excluding hydrogens is 348 g/mol. The Balaban J connectivity index is 1.76. The van der Waals surface area contributed by atoms with Crippen LogP contribution in [0.3, 0.4) is 0 Å².